The van der Waals surface area contributed by atoms with Gasteiger partial charge in [0.2, 0.25) is 0 Å². The highest BCUT2D eigenvalue weighted by molar-refractivity contribution is 5.56. The van der Waals surface area contributed by atoms with Crippen molar-refractivity contribution in [3.05, 3.63) is 0 Å². The van der Waals surface area contributed by atoms with E-state index in [4.69, 9.17) is 4.84 Å². The quantitative estimate of drug-likeness (QED) is 0.349. The summed E-state index contributed by atoms with van der Waals surface area (Å²) in [4.78, 5) is 5.15. The van der Waals surface area contributed by atoms with Gasteiger partial charge in [0.15, 0.2) is 0 Å². The van der Waals surface area contributed by atoms with Gasteiger partial charge in [0.1, 0.15) is 5.60 Å². The van der Waals surface area contributed by atoms with Gasteiger partial charge < -0.3 is 4.84 Å². The summed E-state index contributed by atoms with van der Waals surface area (Å²) >= 11 is 0. The molecule has 0 N–H and O–H groups in total. The molecule has 0 bridgehead atoms. The third-order valence-electron chi connectivity index (χ3n) is 1.09. The van der Waals surface area contributed by atoms with Gasteiger partial charge in [-0.1, -0.05) is 18.5 Å². The summed E-state index contributed by atoms with van der Waals surface area (Å²) in [6.45, 7) is 8.14. The maximum absolute atomic E-state index is 5.15. The maximum Gasteiger partial charge on any atom is 0.129 e. The van der Waals surface area contributed by atoms with Crippen LogP contribution in [0.3, 0.4) is 0 Å². The van der Waals surface area contributed by atoms with Crippen LogP contribution in [0.4, 0.5) is 0 Å². The number of oxime groups is 1. The van der Waals surface area contributed by atoms with Crippen LogP contribution in [0.2, 0.25) is 0 Å². The van der Waals surface area contributed by atoms with Gasteiger partial charge in [-0.3, -0.25) is 0 Å². The van der Waals surface area contributed by atoms with Crippen molar-refractivity contribution in [2.45, 2.75) is 52.6 Å². The van der Waals surface area contributed by atoms with Gasteiger partial charge in [-0.15, -0.1) is 0 Å². The first-order chi connectivity index (χ1) is 5.06. The molecule has 11 heavy (non-hydrogen) atoms. The average molecular weight is 157 g/mol. The second-order valence-electron chi connectivity index (χ2n) is 3.63. The molecule has 0 spiro atoms. The molecule has 0 amide bonds. The van der Waals surface area contributed by atoms with E-state index in [2.05, 4.69) is 12.1 Å². The standard InChI is InChI=1S/C9H19NO/c1-5-6-7-8-10-11-9(2,3)4/h8H,5-7H2,1-4H3. The molecule has 0 aliphatic heterocycles. The van der Waals surface area contributed by atoms with Gasteiger partial charge in [0.05, 0.1) is 0 Å². The molecule has 0 saturated carbocycles. The van der Waals surface area contributed by atoms with Crippen molar-refractivity contribution in [3.63, 3.8) is 0 Å². The minimum Gasteiger partial charge on any atom is -0.390 e. The van der Waals surface area contributed by atoms with E-state index in [0.29, 0.717) is 0 Å². The smallest absolute Gasteiger partial charge is 0.129 e. The van der Waals surface area contributed by atoms with E-state index in [1.807, 2.05) is 27.0 Å². The van der Waals surface area contributed by atoms with Crippen molar-refractivity contribution in [1.29, 1.82) is 0 Å². The molecule has 2 heteroatoms. The first kappa shape index (κ1) is 10.5. The van der Waals surface area contributed by atoms with E-state index < -0.39 is 0 Å². The van der Waals surface area contributed by atoms with E-state index in [1.165, 1.54) is 12.8 Å². The van der Waals surface area contributed by atoms with Crippen LogP contribution in [-0.2, 0) is 4.84 Å². The van der Waals surface area contributed by atoms with E-state index in [9.17, 15) is 0 Å². The molecule has 0 aliphatic carbocycles. The molecule has 0 atom stereocenters. The van der Waals surface area contributed by atoms with Gasteiger partial charge in [-0.25, -0.2) is 0 Å². The molecule has 0 aromatic heterocycles. The molecule has 0 fully saturated rings. The lowest BCUT2D eigenvalue weighted by molar-refractivity contribution is 0.00157. The highest BCUT2D eigenvalue weighted by Crippen LogP contribution is 2.06. The van der Waals surface area contributed by atoms with Crippen molar-refractivity contribution >= 4 is 6.21 Å². The van der Waals surface area contributed by atoms with Crippen molar-refractivity contribution in [1.82, 2.24) is 0 Å². The molecule has 0 aromatic rings. The normalized spacial score (nSPS) is 12.4. The van der Waals surface area contributed by atoms with E-state index in [-0.39, 0.29) is 5.60 Å². The lowest BCUT2D eigenvalue weighted by Crippen LogP contribution is -2.15. The largest absolute Gasteiger partial charge is 0.390 e. The third kappa shape index (κ3) is 9.47. The Morgan fingerprint density at radius 3 is 2.45 bits per heavy atom. The summed E-state index contributed by atoms with van der Waals surface area (Å²) in [5.74, 6) is 0. The number of unbranched alkanes of at least 4 members (excludes halogenated alkanes) is 2. The van der Waals surface area contributed by atoms with Crippen molar-refractivity contribution in [2.75, 3.05) is 0 Å². The topological polar surface area (TPSA) is 21.6 Å². The van der Waals surface area contributed by atoms with Crippen LogP contribution in [0.25, 0.3) is 0 Å². The number of hydrogen-bond donors (Lipinski definition) is 0. The van der Waals surface area contributed by atoms with Crippen molar-refractivity contribution in [2.24, 2.45) is 5.16 Å². The Morgan fingerprint density at radius 1 is 1.36 bits per heavy atom. The molecule has 2 nitrogen and oxygen atoms in total. The number of rotatable bonds is 4. The van der Waals surface area contributed by atoms with Gasteiger partial charge >= 0.3 is 0 Å². The summed E-state index contributed by atoms with van der Waals surface area (Å²) in [7, 11) is 0. The first-order valence-corrected chi connectivity index (χ1v) is 4.26. The van der Waals surface area contributed by atoms with E-state index in [1.54, 1.807) is 0 Å². The number of nitrogens with zero attached hydrogens (tertiary/aromatic N) is 1. The van der Waals surface area contributed by atoms with Crippen LogP contribution >= 0.6 is 0 Å². The molecule has 0 saturated heterocycles. The van der Waals surface area contributed by atoms with Crippen LogP contribution in [0.1, 0.15) is 47.0 Å². The van der Waals surface area contributed by atoms with Gasteiger partial charge in [0.25, 0.3) is 0 Å². The minimum atomic E-state index is -0.150. The van der Waals surface area contributed by atoms with Crippen LogP contribution in [0, 0.1) is 0 Å². The van der Waals surface area contributed by atoms with Gasteiger partial charge in [-0.05, 0) is 33.6 Å². The molecule has 0 heterocycles. The zero-order valence-corrected chi connectivity index (χ0v) is 8.05. The predicted molar refractivity (Wildman–Crippen MR) is 48.9 cm³/mol. The summed E-state index contributed by atoms with van der Waals surface area (Å²) < 4.78 is 0. The summed E-state index contributed by atoms with van der Waals surface area (Å²) in [6, 6.07) is 0. The fourth-order valence-corrected chi connectivity index (χ4v) is 0.543. The second kappa shape index (κ2) is 5.16. The second-order valence-corrected chi connectivity index (χ2v) is 3.63. The zero-order valence-electron chi connectivity index (χ0n) is 8.05. The van der Waals surface area contributed by atoms with Gasteiger partial charge in [-0.2, -0.15) is 0 Å². The Kier molecular flexibility index (Phi) is 4.92. The third-order valence-corrected chi connectivity index (χ3v) is 1.09. The molecular formula is C9H19NO. The molecule has 0 aliphatic rings. The van der Waals surface area contributed by atoms with E-state index in [0.717, 1.165) is 6.42 Å². The van der Waals surface area contributed by atoms with E-state index >= 15 is 0 Å². The molecular weight excluding hydrogens is 138 g/mol. The lowest BCUT2D eigenvalue weighted by atomic mass is 10.2. The maximum atomic E-state index is 5.15. The summed E-state index contributed by atoms with van der Waals surface area (Å²) in [5, 5.41) is 3.86. The molecule has 0 radical (unpaired) electrons. The monoisotopic (exact) mass is 157 g/mol. The average Bonchev–Trinajstić information content (AvgIpc) is 1.85. The van der Waals surface area contributed by atoms with Crippen LogP contribution in [-0.4, -0.2) is 11.8 Å². The first-order valence-electron chi connectivity index (χ1n) is 4.26. The van der Waals surface area contributed by atoms with Crippen molar-refractivity contribution < 1.29 is 4.84 Å². The predicted octanol–water partition coefficient (Wildman–Crippen LogP) is 2.98. The highest BCUT2D eigenvalue weighted by atomic mass is 16.6. The van der Waals surface area contributed by atoms with Crippen molar-refractivity contribution in [3.8, 4) is 0 Å². The molecule has 0 rings (SSSR count). The molecule has 0 aromatic carbocycles. The Morgan fingerprint density at radius 2 is 2.00 bits per heavy atom. The Labute approximate surface area is 69.6 Å². The van der Waals surface area contributed by atoms with Crippen LogP contribution in [0.15, 0.2) is 5.16 Å². The Hall–Kier alpha value is -0.530. The summed E-state index contributed by atoms with van der Waals surface area (Å²) in [6.07, 6.45) is 5.26. The van der Waals surface area contributed by atoms with Crippen LogP contribution in [0.5, 0.6) is 0 Å². The molecule has 66 valence electrons. The fourth-order valence-electron chi connectivity index (χ4n) is 0.543. The highest BCUT2D eigenvalue weighted by Gasteiger charge is 2.08. The summed E-state index contributed by atoms with van der Waals surface area (Å²) in [5.41, 5.74) is -0.150. The van der Waals surface area contributed by atoms with Gasteiger partial charge in [0, 0.05) is 6.21 Å². The molecule has 0 unspecified atom stereocenters. The SMILES string of the molecule is CCCCC=NOC(C)(C)C. The Balaban J connectivity index is 3.30. The number of hydrogen-bond acceptors (Lipinski definition) is 2. The van der Waals surface area contributed by atoms with Crippen LogP contribution < -0.4 is 0 Å². The lowest BCUT2D eigenvalue weighted by Gasteiger charge is -2.14. The minimum absolute atomic E-state index is 0.150. The Bertz CT molecular complexity index is 113. The fraction of sp³-hybridized carbons (Fsp3) is 0.889. The zero-order chi connectivity index (χ0) is 8.74.